The second-order valence-corrected chi connectivity index (χ2v) is 4.56. The molecule has 0 aliphatic rings. The molecule has 0 saturated carbocycles. The van der Waals surface area contributed by atoms with Gasteiger partial charge in [-0.3, -0.25) is 9.59 Å². The molecular weight excluding hydrogens is 290 g/mol. The number of carbonyl (C=O) groups excluding carboxylic acids is 2. The van der Waals surface area contributed by atoms with Gasteiger partial charge in [-0.05, 0) is 41.1 Å². The first kappa shape index (κ1) is 15.3. The number of nitrogens with one attached hydrogen (secondary N) is 1. The van der Waals surface area contributed by atoms with Gasteiger partial charge in [-0.2, -0.15) is 4.68 Å². The van der Waals surface area contributed by atoms with Crippen molar-refractivity contribution in [1.29, 1.82) is 0 Å². The van der Waals surface area contributed by atoms with Gasteiger partial charge in [0.2, 0.25) is 11.7 Å². The van der Waals surface area contributed by atoms with E-state index in [-0.39, 0.29) is 18.2 Å². The van der Waals surface area contributed by atoms with Crippen LogP contribution in [0.15, 0.2) is 24.3 Å². The fourth-order valence-electron chi connectivity index (χ4n) is 1.76. The lowest BCUT2D eigenvalue weighted by molar-refractivity contribution is -0.394. The van der Waals surface area contributed by atoms with Crippen LogP contribution in [0.4, 0.5) is 11.6 Å². The number of Topliss-reactive ketones (excluding diaryl/α,β-unsaturated/α-hetero) is 1. The van der Waals surface area contributed by atoms with Gasteiger partial charge >= 0.3 is 5.95 Å². The summed E-state index contributed by atoms with van der Waals surface area (Å²) >= 11 is 0. The lowest BCUT2D eigenvalue weighted by Gasteiger charge is -2.05. The van der Waals surface area contributed by atoms with Gasteiger partial charge in [0.05, 0.1) is 0 Å². The standard InChI is InChI=1S/C13H13N5O4/c1-8(19)10-3-5-11(6-4-10)15-12(20)7-17-9(2)14-13(16-17)18(21)22/h3-6H,7H2,1-2H3,(H,15,20). The molecule has 9 nitrogen and oxygen atoms in total. The van der Waals surface area contributed by atoms with E-state index < -0.39 is 16.8 Å². The summed E-state index contributed by atoms with van der Waals surface area (Å²) in [4.78, 5) is 36.5. The largest absolute Gasteiger partial charge is 0.491 e. The SMILES string of the molecule is CC(=O)c1ccc(NC(=O)Cn2nc([N+](=O)[O-])nc2C)cc1. The highest BCUT2D eigenvalue weighted by Crippen LogP contribution is 2.11. The predicted octanol–water partition coefficient (Wildman–Crippen LogP) is 1.34. The molecular formula is C13H13N5O4. The van der Waals surface area contributed by atoms with Crippen molar-refractivity contribution >= 4 is 23.3 Å². The fourth-order valence-corrected chi connectivity index (χ4v) is 1.76. The van der Waals surface area contributed by atoms with Crippen molar-refractivity contribution in [3.63, 3.8) is 0 Å². The van der Waals surface area contributed by atoms with E-state index in [4.69, 9.17) is 0 Å². The van der Waals surface area contributed by atoms with E-state index in [1.54, 1.807) is 24.3 Å². The number of hydrogen-bond donors (Lipinski definition) is 1. The minimum Gasteiger partial charge on any atom is -0.390 e. The molecule has 0 bridgehead atoms. The number of rotatable bonds is 5. The first-order valence-electron chi connectivity index (χ1n) is 6.33. The maximum atomic E-state index is 11.9. The molecule has 9 heteroatoms. The summed E-state index contributed by atoms with van der Waals surface area (Å²) in [5.74, 6) is -0.744. The van der Waals surface area contributed by atoms with Gasteiger partial charge < -0.3 is 15.4 Å². The summed E-state index contributed by atoms with van der Waals surface area (Å²) in [7, 11) is 0. The van der Waals surface area contributed by atoms with Crippen LogP contribution in [0.1, 0.15) is 23.1 Å². The number of nitro groups is 1. The normalized spacial score (nSPS) is 10.3. The average Bonchev–Trinajstić information content (AvgIpc) is 2.81. The number of ketones is 1. The summed E-state index contributed by atoms with van der Waals surface area (Å²) < 4.78 is 1.15. The molecule has 0 atom stereocenters. The number of amides is 1. The summed E-state index contributed by atoms with van der Waals surface area (Å²) in [5.41, 5.74) is 1.06. The molecule has 0 aliphatic carbocycles. The molecule has 22 heavy (non-hydrogen) atoms. The van der Waals surface area contributed by atoms with Crippen molar-refractivity contribution in [3.05, 3.63) is 45.8 Å². The van der Waals surface area contributed by atoms with E-state index in [1.165, 1.54) is 13.8 Å². The van der Waals surface area contributed by atoms with E-state index in [1.807, 2.05) is 0 Å². The van der Waals surface area contributed by atoms with Crippen molar-refractivity contribution in [2.24, 2.45) is 0 Å². The zero-order chi connectivity index (χ0) is 16.3. The third-order valence-electron chi connectivity index (χ3n) is 2.88. The Balaban J connectivity index is 2.03. The Labute approximate surface area is 125 Å². The third-order valence-corrected chi connectivity index (χ3v) is 2.88. The van der Waals surface area contributed by atoms with E-state index in [2.05, 4.69) is 15.4 Å². The first-order valence-corrected chi connectivity index (χ1v) is 6.33. The molecule has 0 unspecified atom stereocenters. The quantitative estimate of drug-likeness (QED) is 0.505. The van der Waals surface area contributed by atoms with Crippen molar-refractivity contribution in [1.82, 2.24) is 14.8 Å². The van der Waals surface area contributed by atoms with Crippen LogP contribution in [-0.4, -0.2) is 31.4 Å². The lowest BCUT2D eigenvalue weighted by atomic mass is 10.1. The van der Waals surface area contributed by atoms with Gasteiger partial charge in [-0.15, -0.1) is 0 Å². The molecule has 2 rings (SSSR count). The molecule has 0 spiro atoms. The molecule has 114 valence electrons. The van der Waals surface area contributed by atoms with Gasteiger partial charge in [0.1, 0.15) is 6.54 Å². The molecule has 0 radical (unpaired) electrons. The molecule has 0 aliphatic heterocycles. The molecule has 1 amide bonds. The van der Waals surface area contributed by atoms with Crippen LogP contribution < -0.4 is 5.32 Å². The van der Waals surface area contributed by atoms with E-state index >= 15 is 0 Å². The van der Waals surface area contributed by atoms with Gasteiger partial charge in [-0.1, -0.05) is 0 Å². The molecule has 0 saturated heterocycles. The van der Waals surface area contributed by atoms with Gasteiger partial charge in [0.15, 0.2) is 5.78 Å². The van der Waals surface area contributed by atoms with Crippen molar-refractivity contribution in [2.75, 3.05) is 5.32 Å². The number of nitrogens with zero attached hydrogens (tertiary/aromatic N) is 4. The Morgan fingerprint density at radius 2 is 1.95 bits per heavy atom. The lowest BCUT2D eigenvalue weighted by Crippen LogP contribution is -2.20. The van der Waals surface area contributed by atoms with Crippen LogP contribution in [0.5, 0.6) is 0 Å². The summed E-state index contributed by atoms with van der Waals surface area (Å²) in [6.07, 6.45) is 0. The number of carbonyl (C=O) groups is 2. The minimum absolute atomic E-state index is 0.0663. The molecule has 0 fully saturated rings. The maximum Gasteiger partial charge on any atom is 0.491 e. The second kappa shape index (κ2) is 6.12. The summed E-state index contributed by atoms with van der Waals surface area (Å²) in [6.45, 7) is 2.78. The summed E-state index contributed by atoms with van der Waals surface area (Å²) in [6, 6.07) is 6.41. The number of anilines is 1. The Kier molecular flexibility index (Phi) is 4.25. The van der Waals surface area contributed by atoms with Crippen LogP contribution in [0.2, 0.25) is 0 Å². The molecule has 1 aromatic carbocycles. The monoisotopic (exact) mass is 303 g/mol. The molecule has 1 heterocycles. The second-order valence-electron chi connectivity index (χ2n) is 4.56. The number of benzene rings is 1. The van der Waals surface area contributed by atoms with Crippen LogP contribution >= 0.6 is 0 Å². The maximum absolute atomic E-state index is 11.9. The summed E-state index contributed by atoms with van der Waals surface area (Å²) in [5, 5.41) is 16.8. The number of hydrogen-bond acceptors (Lipinski definition) is 6. The smallest absolute Gasteiger partial charge is 0.390 e. The van der Waals surface area contributed by atoms with Crippen LogP contribution in [0, 0.1) is 17.0 Å². The highest BCUT2D eigenvalue weighted by atomic mass is 16.6. The molecule has 2 aromatic rings. The van der Waals surface area contributed by atoms with Gasteiger partial charge in [0.25, 0.3) is 0 Å². The highest BCUT2D eigenvalue weighted by Gasteiger charge is 2.19. The Morgan fingerprint density at radius 3 is 2.45 bits per heavy atom. The van der Waals surface area contributed by atoms with Gasteiger partial charge in [-0.25, -0.2) is 0 Å². The minimum atomic E-state index is -0.720. The molecule has 1 aromatic heterocycles. The van der Waals surface area contributed by atoms with Crippen molar-refractivity contribution < 1.29 is 14.5 Å². The Hall–Kier alpha value is -3.10. The molecule has 1 N–H and O–H groups in total. The van der Waals surface area contributed by atoms with Crippen molar-refractivity contribution in [3.8, 4) is 0 Å². The topological polar surface area (TPSA) is 120 Å². The van der Waals surface area contributed by atoms with Crippen LogP contribution in [-0.2, 0) is 11.3 Å². The van der Waals surface area contributed by atoms with Crippen LogP contribution in [0.25, 0.3) is 0 Å². The van der Waals surface area contributed by atoms with E-state index in [9.17, 15) is 19.7 Å². The van der Waals surface area contributed by atoms with Crippen molar-refractivity contribution in [2.45, 2.75) is 20.4 Å². The Morgan fingerprint density at radius 1 is 1.32 bits per heavy atom. The third kappa shape index (κ3) is 3.51. The number of aromatic nitrogens is 3. The highest BCUT2D eigenvalue weighted by molar-refractivity contribution is 5.95. The number of aryl methyl sites for hydroxylation is 1. The predicted molar refractivity (Wildman–Crippen MR) is 76.5 cm³/mol. The first-order chi connectivity index (χ1) is 10.4. The average molecular weight is 303 g/mol. The zero-order valence-corrected chi connectivity index (χ0v) is 11.9. The van der Waals surface area contributed by atoms with E-state index in [0.717, 1.165) is 4.68 Å². The Bertz CT molecular complexity index is 735. The fraction of sp³-hybridized carbons (Fsp3) is 0.231. The van der Waals surface area contributed by atoms with Crippen LogP contribution in [0.3, 0.4) is 0 Å². The zero-order valence-electron chi connectivity index (χ0n) is 11.9. The van der Waals surface area contributed by atoms with E-state index in [0.29, 0.717) is 11.3 Å². The van der Waals surface area contributed by atoms with Gasteiger partial charge in [0, 0.05) is 23.3 Å².